The van der Waals surface area contributed by atoms with Crippen molar-refractivity contribution in [3.05, 3.63) is 59.9 Å². The Balaban J connectivity index is 1.54. The van der Waals surface area contributed by atoms with Crippen LogP contribution in [-0.4, -0.2) is 41.9 Å². The highest BCUT2D eigenvalue weighted by atomic mass is 16.5. The molecule has 1 aliphatic heterocycles. The van der Waals surface area contributed by atoms with Gasteiger partial charge in [0.15, 0.2) is 0 Å². The molecule has 6 heteroatoms. The Morgan fingerprint density at radius 2 is 2.15 bits per heavy atom. The summed E-state index contributed by atoms with van der Waals surface area (Å²) in [6.07, 6.45) is 5.28. The molecule has 2 heterocycles. The Kier molecular flexibility index (Phi) is 6.41. The first kappa shape index (κ1) is 18.9. The third-order valence-electron chi connectivity index (χ3n) is 4.86. The van der Waals surface area contributed by atoms with Crippen LogP contribution >= 0.6 is 0 Å². The van der Waals surface area contributed by atoms with Gasteiger partial charge in [0.25, 0.3) is 0 Å². The number of ether oxygens (including phenoxy) is 1. The number of methoxy groups -OCH3 is 1. The number of aromatic nitrogens is 1. The molecule has 0 radical (unpaired) electrons. The fraction of sp³-hybridized carbons (Fsp3) is 0.381. The number of benzene rings is 1. The SMILES string of the molecule is COc1ccccc1CN1C[C@@H](C(=O)NCCc2cccnc2)CCC1=O. The highest BCUT2D eigenvalue weighted by Crippen LogP contribution is 2.24. The lowest BCUT2D eigenvalue weighted by Gasteiger charge is -2.32. The van der Waals surface area contributed by atoms with Gasteiger partial charge in [0.1, 0.15) is 5.75 Å². The van der Waals surface area contributed by atoms with Gasteiger partial charge in [-0.2, -0.15) is 0 Å². The maximum Gasteiger partial charge on any atom is 0.224 e. The van der Waals surface area contributed by atoms with E-state index in [0.29, 0.717) is 32.5 Å². The van der Waals surface area contributed by atoms with E-state index in [0.717, 1.165) is 23.3 Å². The van der Waals surface area contributed by atoms with Gasteiger partial charge in [-0.25, -0.2) is 0 Å². The lowest BCUT2D eigenvalue weighted by Crippen LogP contribution is -2.45. The van der Waals surface area contributed by atoms with Gasteiger partial charge in [-0.1, -0.05) is 24.3 Å². The second-order valence-corrected chi connectivity index (χ2v) is 6.72. The van der Waals surface area contributed by atoms with Crippen LogP contribution in [-0.2, 0) is 22.6 Å². The summed E-state index contributed by atoms with van der Waals surface area (Å²) in [5, 5.41) is 2.99. The fourth-order valence-electron chi connectivity index (χ4n) is 3.34. The summed E-state index contributed by atoms with van der Waals surface area (Å²) in [5.41, 5.74) is 2.04. The van der Waals surface area contributed by atoms with E-state index in [2.05, 4.69) is 10.3 Å². The molecule has 1 N–H and O–H groups in total. The molecular weight excluding hydrogens is 342 g/mol. The van der Waals surface area contributed by atoms with E-state index in [1.165, 1.54) is 0 Å². The van der Waals surface area contributed by atoms with Crippen LogP contribution in [0.2, 0.25) is 0 Å². The number of amides is 2. The van der Waals surface area contributed by atoms with Gasteiger partial charge in [-0.3, -0.25) is 14.6 Å². The molecule has 1 fully saturated rings. The summed E-state index contributed by atoms with van der Waals surface area (Å²) in [6.45, 7) is 1.47. The van der Waals surface area contributed by atoms with E-state index >= 15 is 0 Å². The molecule has 0 bridgehead atoms. The molecule has 0 unspecified atom stereocenters. The molecule has 1 aromatic carbocycles. The van der Waals surface area contributed by atoms with Crippen molar-refractivity contribution in [2.45, 2.75) is 25.8 Å². The number of carbonyl (C=O) groups is 2. The molecule has 1 aromatic heterocycles. The minimum absolute atomic E-state index is 0.0106. The Morgan fingerprint density at radius 3 is 2.93 bits per heavy atom. The Bertz CT molecular complexity index is 779. The van der Waals surface area contributed by atoms with Gasteiger partial charge >= 0.3 is 0 Å². The maximum atomic E-state index is 12.5. The third-order valence-corrected chi connectivity index (χ3v) is 4.86. The molecule has 3 rings (SSSR count). The van der Waals surface area contributed by atoms with Crippen molar-refractivity contribution in [3.8, 4) is 5.75 Å². The average Bonchev–Trinajstić information content (AvgIpc) is 2.70. The van der Waals surface area contributed by atoms with E-state index in [4.69, 9.17) is 4.74 Å². The first-order valence-electron chi connectivity index (χ1n) is 9.23. The number of rotatable bonds is 7. The molecule has 27 heavy (non-hydrogen) atoms. The number of nitrogens with one attached hydrogen (secondary N) is 1. The Morgan fingerprint density at radius 1 is 1.30 bits per heavy atom. The fourth-order valence-corrected chi connectivity index (χ4v) is 3.34. The first-order valence-corrected chi connectivity index (χ1v) is 9.23. The number of nitrogens with zero attached hydrogens (tertiary/aromatic N) is 2. The predicted molar refractivity (Wildman–Crippen MR) is 102 cm³/mol. The van der Waals surface area contributed by atoms with Crippen LogP contribution in [0.4, 0.5) is 0 Å². The summed E-state index contributed by atoms with van der Waals surface area (Å²) in [6, 6.07) is 11.5. The van der Waals surface area contributed by atoms with Gasteiger partial charge in [-0.05, 0) is 30.5 Å². The van der Waals surface area contributed by atoms with Crippen LogP contribution in [0.1, 0.15) is 24.0 Å². The van der Waals surface area contributed by atoms with Crippen LogP contribution in [0, 0.1) is 5.92 Å². The van der Waals surface area contributed by atoms with E-state index < -0.39 is 0 Å². The van der Waals surface area contributed by atoms with E-state index in [9.17, 15) is 9.59 Å². The highest BCUT2D eigenvalue weighted by molar-refractivity contribution is 5.83. The number of hydrogen-bond acceptors (Lipinski definition) is 4. The second-order valence-electron chi connectivity index (χ2n) is 6.72. The normalized spacial score (nSPS) is 16.9. The number of pyridine rings is 1. The molecule has 6 nitrogen and oxygen atoms in total. The van der Waals surface area contributed by atoms with Crippen molar-refractivity contribution in [2.24, 2.45) is 5.92 Å². The molecule has 2 amide bonds. The zero-order valence-electron chi connectivity index (χ0n) is 15.6. The highest BCUT2D eigenvalue weighted by Gasteiger charge is 2.30. The van der Waals surface area contributed by atoms with Gasteiger partial charge in [0.05, 0.1) is 13.0 Å². The maximum absolute atomic E-state index is 12.5. The first-order chi connectivity index (χ1) is 13.2. The molecule has 1 aliphatic rings. The molecule has 1 atom stereocenters. The van der Waals surface area contributed by atoms with Gasteiger partial charge in [0, 0.05) is 44.0 Å². The van der Waals surface area contributed by atoms with Crippen molar-refractivity contribution in [3.63, 3.8) is 0 Å². The number of hydrogen-bond donors (Lipinski definition) is 1. The quantitative estimate of drug-likeness (QED) is 0.814. The lowest BCUT2D eigenvalue weighted by molar-refractivity contribution is -0.138. The summed E-state index contributed by atoms with van der Waals surface area (Å²) >= 11 is 0. The van der Waals surface area contributed by atoms with Crippen LogP contribution in [0.5, 0.6) is 5.75 Å². The number of carbonyl (C=O) groups excluding carboxylic acids is 2. The number of likely N-dealkylation sites (tertiary alicyclic amines) is 1. The summed E-state index contributed by atoms with van der Waals surface area (Å²) in [7, 11) is 1.62. The van der Waals surface area contributed by atoms with Crippen LogP contribution in [0.3, 0.4) is 0 Å². The molecule has 2 aromatic rings. The Labute approximate surface area is 159 Å². The lowest BCUT2D eigenvalue weighted by atomic mass is 9.96. The molecule has 1 saturated heterocycles. The topological polar surface area (TPSA) is 71.5 Å². The summed E-state index contributed by atoms with van der Waals surface area (Å²) in [4.78, 5) is 30.7. The van der Waals surface area contributed by atoms with E-state index in [1.54, 1.807) is 24.4 Å². The Hall–Kier alpha value is -2.89. The molecule has 0 saturated carbocycles. The summed E-state index contributed by atoms with van der Waals surface area (Å²) < 4.78 is 5.37. The van der Waals surface area contributed by atoms with Crippen LogP contribution in [0.25, 0.3) is 0 Å². The van der Waals surface area contributed by atoms with Crippen molar-refractivity contribution < 1.29 is 14.3 Å². The smallest absolute Gasteiger partial charge is 0.224 e. The van der Waals surface area contributed by atoms with Gasteiger partial charge in [0.2, 0.25) is 11.8 Å². The largest absolute Gasteiger partial charge is 0.496 e. The third kappa shape index (κ3) is 5.06. The van der Waals surface area contributed by atoms with Gasteiger partial charge < -0.3 is 15.0 Å². The van der Waals surface area contributed by atoms with Crippen molar-refractivity contribution in [2.75, 3.05) is 20.2 Å². The minimum atomic E-state index is -0.175. The molecular formula is C21H25N3O3. The molecule has 142 valence electrons. The standard InChI is InChI=1S/C21H25N3O3/c1-27-19-7-3-2-6-17(19)14-24-15-18(8-9-20(24)25)21(26)23-12-10-16-5-4-11-22-13-16/h2-7,11,13,18H,8-10,12,14-15H2,1H3,(H,23,26)/t18-/m0/s1. The van der Waals surface area contributed by atoms with Crippen molar-refractivity contribution >= 4 is 11.8 Å². The van der Waals surface area contributed by atoms with Crippen molar-refractivity contribution in [1.82, 2.24) is 15.2 Å². The van der Waals surface area contributed by atoms with Crippen molar-refractivity contribution in [1.29, 1.82) is 0 Å². The summed E-state index contributed by atoms with van der Waals surface area (Å²) in [5.74, 6) is 0.677. The second kappa shape index (κ2) is 9.16. The van der Waals surface area contributed by atoms with Crippen LogP contribution in [0.15, 0.2) is 48.8 Å². The predicted octanol–water partition coefficient (Wildman–Crippen LogP) is 2.19. The molecule has 0 spiro atoms. The monoisotopic (exact) mass is 367 g/mol. The number of piperidine rings is 1. The molecule has 0 aliphatic carbocycles. The zero-order chi connectivity index (χ0) is 19.1. The average molecular weight is 367 g/mol. The van der Waals surface area contributed by atoms with E-state index in [-0.39, 0.29) is 17.7 Å². The van der Waals surface area contributed by atoms with Crippen LogP contribution < -0.4 is 10.1 Å². The number of para-hydroxylation sites is 1. The van der Waals surface area contributed by atoms with E-state index in [1.807, 2.05) is 36.4 Å². The minimum Gasteiger partial charge on any atom is -0.496 e. The van der Waals surface area contributed by atoms with Gasteiger partial charge in [-0.15, -0.1) is 0 Å². The zero-order valence-corrected chi connectivity index (χ0v) is 15.6.